The van der Waals surface area contributed by atoms with Crippen molar-refractivity contribution in [3.63, 3.8) is 0 Å². The summed E-state index contributed by atoms with van der Waals surface area (Å²) in [5, 5.41) is 0.913. The first kappa shape index (κ1) is 16.3. The zero-order chi connectivity index (χ0) is 17.4. The van der Waals surface area contributed by atoms with Gasteiger partial charge in [0.05, 0.1) is 17.7 Å². The number of rotatable bonds is 4. The number of amides is 1. The van der Waals surface area contributed by atoms with Crippen molar-refractivity contribution in [2.45, 2.75) is 19.4 Å². The Kier molecular flexibility index (Phi) is 4.07. The highest BCUT2D eigenvalue weighted by atomic mass is 32.1. The number of nitrogens with zero attached hydrogens (tertiary/aromatic N) is 6. The van der Waals surface area contributed by atoms with E-state index in [2.05, 4.69) is 19.2 Å². The molecule has 1 spiro atoms. The second-order valence-corrected chi connectivity index (χ2v) is 7.75. The standard InChI is InChI=1S/C17H22N6OS/c1-21(2)15-19-16(25-20-15)23-10-7-17(12-23)6-9-22(14(17)24)11-13-5-3-4-8-18-13/h3-5,8H,6-7,9-12H2,1-2H3. The van der Waals surface area contributed by atoms with Crippen LogP contribution in [0.25, 0.3) is 0 Å². The third-order valence-electron chi connectivity index (χ3n) is 5.11. The van der Waals surface area contributed by atoms with E-state index in [4.69, 9.17) is 0 Å². The molecule has 0 aromatic carbocycles. The SMILES string of the molecule is CN(C)c1nsc(N2CCC3(CCN(Cc4ccccn4)C3=O)C2)n1. The fourth-order valence-corrected chi connectivity index (χ4v) is 4.42. The molecule has 132 valence electrons. The third kappa shape index (κ3) is 2.95. The Morgan fingerprint density at radius 2 is 2.12 bits per heavy atom. The van der Waals surface area contributed by atoms with Crippen molar-refractivity contribution in [1.29, 1.82) is 0 Å². The molecule has 8 heteroatoms. The van der Waals surface area contributed by atoms with E-state index in [1.54, 1.807) is 6.20 Å². The molecule has 0 radical (unpaired) electrons. The first-order chi connectivity index (χ1) is 12.1. The summed E-state index contributed by atoms with van der Waals surface area (Å²) in [4.78, 5) is 28.1. The summed E-state index contributed by atoms with van der Waals surface area (Å²) < 4.78 is 4.38. The Balaban J connectivity index is 1.45. The monoisotopic (exact) mass is 358 g/mol. The van der Waals surface area contributed by atoms with Crippen molar-refractivity contribution in [2.24, 2.45) is 5.41 Å². The van der Waals surface area contributed by atoms with E-state index in [1.807, 2.05) is 42.1 Å². The molecular weight excluding hydrogens is 336 g/mol. The van der Waals surface area contributed by atoms with Gasteiger partial charge in [0, 0.05) is 51.5 Å². The van der Waals surface area contributed by atoms with Gasteiger partial charge in [0.2, 0.25) is 17.0 Å². The lowest BCUT2D eigenvalue weighted by Crippen LogP contribution is -2.36. The van der Waals surface area contributed by atoms with Crippen LogP contribution in [0.15, 0.2) is 24.4 Å². The largest absolute Gasteiger partial charge is 0.346 e. The Hall–Kier alpha value is -2.22. The van der Waals surface area contributed by atoms with Crippen LogP contribution in [0.3, 0.4) is 0 Å². The number of hydrogen-bond acceptors (Lipinski definition) is 7. The van der Waals surface area contributed by atoms with Crippen molar-refractivity contribution in [3.8, 4) is 0 Å². The maximum Gasteiger partial charge on any atom is 0.238 e. The van der Waals surface area contributed by atoms with Gasteiger partial charge in [0.15, 0.2) is 0 Å². The highest BCUT2D eigenvalue weighted by Gasteiger charge is 2.51. The van der Waals surface area contributed by atoms with Crippen LogP contribution in [-0.2, 0) is 11.3 Å². The van der Waals surface area contributed by atoms with Crippen LogP contribution in [0.5, 0.6) is 0 Å². The average Bonchev–Trinajstić information content (AvgIpc) is 3.32. The van der Waals surface area contributed by atoms with E-state index >= 15 is 0 Å². The quantitative estimate of drug-likeness (QED) is 0.828. The minimum atomic E-state index is -0.265. The zero-order valence-electron chi connectivity index (χ0n) is 14.6. The maximum atomic E-state index is 13.1. The fourth-order valence-electron chi connectivity index (χ4n) is 3.66. The molecule has 0 saturated carbocycles. The first-order valence-corrected chi connectivity index (χ1v) is 9.30. The van der Waals surface area contributed by atoms with E-state index in [-0.39, 0.29) is 11.3 Å². The molecule has 1 atom stereocenters. The number of carbonyl (C=O) groups is 1. The Labute approximate surface area is 151 Å². The van der Waals surface area contributed by atoms with Crippen molar-refractivity contribution < 1.29 is 4.79 Å². The molecule has 1 amide bonds. The van der Waals surface area contributed by atoms with Gasteiger partial charge in [-0.15, -0.1) is 0 Å². The van der Waals surface area contributed by atoms with Gasteiger partial charge in [0.1, 0.15) is 0 Å². The van der Waals surface area contributed by atoms with Crippen LogP contribution < -0.4 is 9.80 Å². The molecule has 0 aliphatic carbocycles. The predicted octanol–water partition coefficient (Wildman–Crippen LogP) is 1.63. The van der Waals surface area contributed by atoms with Crippen LogP contribution in [-0.4, -0.2) is 58.9 Å². The molecule has 0 bridgehead atoms. The minimum Gasteiger partial charge on any atom is -0.346 e. The summed E-state index contributed by atoms with van der Waals surface area (Å²) >= 11 is 1.41. The fraction of sp³-hybridized carbons (Fsp3) is 0.529. The molecule has 4 heterocycles. The van der Waals surface area contributed by atoms with Crippen LogP contribution in [0.2, 0.25) is 0 Å². The van der Waals surface area contributed by atoms with E-state index in [9.17, 15) is 4.79 Å². The molecule has 0 N–H and O–H groups in total. The first-order valence-electron chi connectivity index (χ1n) is 8.53. The summed E-state index contributed by atoms with van der Waals surface area (Å²) in [6, 6.07) is 5.84. The molecular formula is C17H22N6OS. The number of likely N-dealkylation sites (tertiary alicyclic amines) is 1. The van der Waals surface area contributed by atoms with Crippen LogP contribution in [0.4, 0.5) is 11.1 Å². The van der Waals surface area contributed by atoms with Gasteiger partial charge in [-0.2, -0.15) is 9.36 Å². The van der Waals surface area contributed by atoms with E-state index in [0.717, 1.165) is 49.2 Å². The van der Waals surface area contributed by atoms with Gasteiger partial charge in [0.25, 0.3) is 0 Å². The van der Waals surface area contributed by atoms with Gasteiger partial charge >= 0.3 is 0 Å². The highest BCUT2D eigenvalue weighted by molar-refractivity contribution is 7.09. The summed E-state index contributed by atoms with van der Waals surface area (Å²) in [5.41, 5.74) is 0.682. The summed E-state index contributed by atoms with van der Waals surface area (Å²) in [5.74, 6) is 0.994. The van der Waals surface area contributed by atoms with Crippen LogP contribution in [0.1, 0.15) is 18.5 Å². The molecule has 7 nitrogen and oxygen atoms in total. The van der Waals surface area contributed by atoms with Crippen molar-refractivity contribution in [3.05, 3.63) is 30.1 Å². The molecule has 2 aliphatic heterocycles. The van der Waals surface area contributed by atoms with E-state index in [0.29, 0.717) is 6.54 Å². The van der Waals surface area contributed by atoms with E-state index in [1.165, 1.54) is 11.5 Å². The molecule has 2 fully saturated rings. The predicted molar refractivity (Wildman–Crippen MR) is 97.8 cm³/mol. The van der Waals surface area contributed by atoms with Crippen molar-refractivity contribution in [2.75, 3.05) is 43.5 Å². The molecule has 1 unspecified atom stereocenters. The number of anilines is 2. The molecule has 2 aliphatic rings. The molecule has 2 saturated heterocycles. The number of pyridine rings is 1. The molecule has 2 aromatic rings. The maximum absolute atomic E-state index is 13.1. The normalized spacial score (nSPS) is 23.0. The van der Waals surface area contributed by atoms with Gasteiger partial charge in [-0.1, -0.05) is 6.07 Å². The lowest BCUT2D eigenvalue weighted by Gasteiger charge is -2.23. The topological polar surface area (TPSA) is 65.5 Å². The summed E-state index contributed by atoms with van der Waals surface area (Å²) in [6.45, 7) is 3.02. The van der Waals surface area contributed by atoms with Crippen LogP contribution >= 0.6 is 11.5 Å². The Morgan fingerprint density at radius 3 is 2.84 bits per heavy atom. The number of hydrogen-bond donors (Lipinski definition) is 0. The van der Waals surface area contributed by atoms with Gasteiger partial charge in [-0.3, -0.25) is 9.78 Å². The van der Waals surface area contributed by atoms with Crippen molar-refractivity contribution >= 4 is 28.5 Å². The smallest absolute Gasteiger partial charge is 0.238 e. The minimum absolute atomic E-state index is 0.262. The molecule has 2 aromatic heterocycles. The Bertz CT molecular complexity index is 764. The third-order valence-corrected chi connectivity index (χ3v) is 5.88. The number of carbonyl (C=O) groups excluding carboxylic acids is 1. The molecule has 4 rings (SSSR count). The van der Waals surface area contributed by atoms with Gasteiger partial charge in [-0.25, -0.2) is 0 Å². The highest BCUT2D eigenvalue weighted by Crippen LogP contribution is 2.43. The van der Waals surface area contributed by atoms with E-state index < -0.39 is 0 Å². The lowest BCUT2D eigenvalue weighted by atomic mass is 9.85. The summed E-state index contributed by atoms with van der Waals surface area (Å²) in [7, 11) is 3.88. The second-order valence-electron chi connectivity index (χ2n) is 7.02. The number of aromatic nitrogens is 3. The van der Waals surface area contributed by atoms with Crippen molar-refractivity contribution in [1.82, 2.24) is 19.2 Å². The zero-order valence-corrected chi connectivity index (χ0v) is 15.4. The van der Waals surface area contributed by atoms with Crippen LogP contribution in [0, 0.1) is 5.41 Å². The lowest BCUT2D eigenvalue weighted by molar-refractivity contribution is -0.135. The average molecular weight is 358 g/mol. The second kappa shape index (κ2) is 6.25. The summed E-state index contributed by atoms with van der Waals surface area (Å²) in [6.07, 6.45) is 3.58. The Morgan fingerprint density at radius 1 is 1.28 bits per heavy atom. The van der Waals surface area contributed by atoms with Gasteiger partial charge in [-0.05, 0) is 25.0 Å². The molecule has 25 heavy (non-hydrogen) atoms. The van der Waals surface area contributed by atoms with Gasteiger partial charge < -0.3 is 14.7 Å².